The van der Waals surface area contributed by atoms with Gasteiger partial charge in [0.2, 0.25) is 0 Å². The van der Waals surface area contributed by atoms with Crippen molar-refractivity contribution < 1.29 is 28.6 Å². The molecule has 0 spiro atoms. The third-order valence-corrected chi connectivity index (χ3v) is 3.81. The van der Waals surface area contributed by atoms with E-state index < -0.39 is 31.4 Å². The van der Waals surface area contributed by atoms with Crippen molar-refractivity contribution in [1.29, 1.82) is 0 Å². The second-order valence-corrected chi connectivity index (χ2v) is 8.35. The van der Waals surface area contributed by atoms with Crippen LogP contribution in [0.1, 0.15) is 20.8 Å². The second-order valence-electron chi connectivity index (χ2n) is 6.76. The van der Waals surface area contributed by atoms with Crippen LogP contribution in [-0.4, -0.2) is 54.3 Å². The minimum Gasteiger partial charge on any atom is -0.462 e. The summed E-state index contributed by atoms with van der Waals surface area (Å²) in [6.45, 7) is 5.01. The number of esters is 1. The van der Waals surface area contributed by atoms with Gasteiger partial charge in [0.25, 0.3) is 0 Å². The van der Waals surface area contributed by atoms with Gasteiger partial charge in [-0.05, 0) is 20.8 Å². The van der Waals surface area contributed by atoms with Crippen molar-refractivity contribution >= 4 is 30.5 Å². The first-order chi connectivity index (χ1) is 12.0. The standard InChI is InChI=1S/C14H22N5O6P/c1-14(2,3)13(20)24-5-9(25-8-26(21,22)23)4-19-7-18-10-11(15)16-6-17-12(10)19/h6-7,9H,4-5,8H2,1-3H3,(H2,15,16,17)(H2,21,22,23)/t9-/m1/s1. The Bertz CT molecular complexity index is 827. The second kappa shape index (κ2) is 7.67. The van der Waals surface area contributed by atoms with Gasteiger partial charge in [-0.25, -0.2) is 15.0 Å². The molecule has 0 bridgehead atoms. The van der Waals surface area contributed by atoms with E-state index >= 15 is 0 Å². The molecule has 4 N–H and O–H groups in total. The minimum atomic E-state index is -4.38. The van der Waals surface area contributed by atoms with Crippen molar-refractivity contribution in [1.82, 2.24) is 19.5 Å². The molecular weight excluding hydrogens is 365 g/mol. The highest BCUT2D eigenvalue weighted by atomic mass is 31.2. The highest BCUT2D eigenvalue weighted by molar-refractivity contribution is 7.51. The molecule has 0 aliphatic carbocycles. The Morgan fingerprint density at radius 2 is 2.04 bits per heavy atom. The van der Waals surface area contributed by atoms with Gasteiger partial charge in [-0.2, -0.15) is 0 Å². The zero-order valence-corrected chi connectivity index (χ0v) is 15.6. The van der Waals surface area contributed by atoms with Crippen molar-refractivity contribution in [3.63, 3.8) is 0 Å². The third-order valence-electron chi connectivity index (χ3n) is 3.32. The van der Waals surface area contributed by atoms with Gasteiger partial charge in [0.1, 0.15) is 30.9 Å². The van der Waals surface area contributed by atoms with Crippen molar-refractivity contribution in [3.8, 4) is 0 Å². The quantitative estimate of drug-likeness (QED) is 0.451. The smallest absolute Gasteiger partial charge is 0.350 e. The maximum Gasteiger partial charge on any atom is 0.350 e. The summed E-state index contributed by atoms with van der Waals surface area (Å²) in [4.78, 5) is 42.0. The molecule has 0 saturated carbocycles. The van der Waals surface area contributed by atoms with Gasteiger partial charge in [0, 0.05) is 0 Å². The van der Waals surface area contributed by atoms with E-state index in [0.29, 0.717) is 11.2 Å². The van der Waals surface area contributed by atoms with Gasteiger partial charge in [-0.3, -0.25) is 9.36 Å². The Morgan fingerprint density at radius 3 is 2.65 bits per heavy atom. The predicted molar refractivity (Wildman–Crippen MR) is 91.9 cm³/mol. The largest absolute Gasteiger partial charge is 0.462 e. The van der Waals surface area contributed by atoms with E-state index in [0.717, 1.165) is 0 Å². The summed E-state index contributed by atoms with van der Waals surface area (Å²) in [5, 5.41) is 0. The summed E-state index contributed by atoms with van der Waals surface area (Å²) in [5.41, 5.74) is 5.85. The number of rotatable bonds is 7. The lowest BCUT2D eigenvalue weighted by atomic mass is 9.97. The molecule has 11 nitrogen and oxygen atoms in total. The predicted octanol–water partition coefficient (Wildman–Crippen LogP) is 0.518. The number of carbonyl (C=O) groups is 1. The third kappa shape index (κ3) is 5.46. The summed E-state index contributed by atoms with van der Waals surface area (Å²) in [7, 11) is -4.38. The Labute approximate surface area is 149 Å². The first-order valence-electron chi connectivity index (χ1n) is 7.72. The summed E-state index contributed by atoms with van der Waals surface area (Å²) in [5.74, 6) is -0.245. The van der Waals surface area contributed by atoms with E-state index in [9.17, 15) is 9.36 Å². The van der Waals surface area contributed by atoms with Crippen LogP contribution >= 0.6 is 7.60 Å². The van der Waals surface area contributed by atoms with Crippen LogP contribution in [0.15, 0.2) is 12.7 Å². The zero-order chi connectivity index (χ0) is 19.5. The number of ether oxygens (including phenoxy) is 2. The van der Waals surface area contributed by atoms with E-state index in [1.807, 2.05) is 0 Å². The van der Waals surface area contributed by atoms with Gasteiger partial charge in [-0.1, -0.05) is 0 Å². The number of hydrogen-bond acceptors (Lipinski definition) is 8. The van der Waals surface area contributed by atoms with Crippen molar-refractivity contribution in [2.75, 3.05) is 18.7 Å². The first kappa shape index (κ1) is 20.2. The maximum absolute atomic E-state index is 11.9. The van der Waals surface area contributed by atoms with Crippen LogP contribution in [0.4, 0.5) is 5.82 Å². The van der Waals surface area contributed by atoms with Crippen LogP contribution in [0, 0.1) is 5.41 Å². The molecule has 2 aromatic rings. The van der Waals surface area contributed by atoms with Crippen LogP contribution in [0.2, 0.25) is 0 Å². The average molecular weight is 387 g/mol. The topological polar surface area (TPSA) is 163 Å². The molecule has 2 rings (SSSR count). The van der Waals surface area contributed by atoms with E-state index in [2.05, 4.69) is 15.0 Å². The molecule has 26 heavy (non-hydrogen) atoms. The lowest BCUT2D eigenvalue weighted by Crippen LogP contribution is -2.31. The van der Waals surface area contributed by atoms with E-state index in [-0.39, 0.29) is 19.0 Å². The zero-order valence-electron chi connectivity index (χ0n) is 14.7. The van der Waals surface area contributed by atoms with Gasteiger partial charge >= 0.3 is 13.6 Å². The first-order valence-corrected chi connectivity index (χ1v) is 9.52. The van der Waals surface area contributed by atoms with Crippen LogP contribution in [-0.2, 0) is 25.4 Å². The maximum atomic E-state index is 11.9. The minimum absolute atomic E-state index is 0.102. The fourth-order valence-electron chi connectivity index (χ4n) is 1.99. The average Bonchev–Trinajstić information content (AvgIpc) is 2.92. The van der Waals surface area contributed by atoms with Crippen molar-refractivity contribution in [2.45, 2.75) is 33.4 Å². The monoisotopic (exact) mass is 387 g/mol. The molecule has 0 saturated heterocycles. The van der Waals surface area contributed by atoms with Gasteiger partial charge in [-0.15, -0.1) is 0 Å². The number of nitrogens with zero attached hydrogens (tertiary/aromatic N) is 4. The number of fused-ring (bicyclic) bond motifs is 1. The van der Waals surface area contributed by atoms with Crippen LogP contribution < -0.4 is 5.73 Å². The molecule has 0 aliphatic heterocycles. The fourth-order valence-corrected chi connectivity index (χ4v) is 2.40. The molecule has 2 aromatic heterocycles. The van der Waals surface area contributed by atoms with E-state index in [4.69, 9.17) is 25.0 Å². The van der Waals surface area contributed by atoms with Crippen molar-refractivity contribution in [3.05, 3.63) is 12.7 Å². The number of carbonyl (C=O) groups excluding carboxylic acids is 1. The fraction of sp³-hybridized carbons (Fsp3) is 0.571. The summed E-state index contributed by atoms with van der Waals surface area (Å²) in [6, 6.07) is 0. The van der Waals surface area contributed by atoms with Crippen LogP contribution in [0.25, 0.3) is 11.2 Å². The number of hydrogen-bond donors (Lipinski definition) is 3. The van der Waals surface area contributed by atoms with Crippen molar-refractivity contribution in [2.24, 2.45) is 5.41 Å². The number of nitrogen functional groups attached to an aromatic ring is 1. The molecular formula is C14H22N5O6P. The number of nitrogens with two attached hydrogens (primary N) is 1. The molecule has 0 amide bonds. The van der Waals surface area contributed by atoms with Crippen LogP contribution in [0.5, 0.6) is 0 Å². The Kier molecular flexibility index (Phi) is 5.97. The molecule has 2 heterocycles. The Hall–Kier alpha value is -2.07. The number of imidazole rings is 1. The molecule has 0 aliphatic rings. The molecule has 144 valence electrons. The molecule has 0 aromatic carbocycles. The summed E-state index contributed by atoms with van der Waals surface area (Å²) >= 11 is 0. The van der Waals surface area contributed by atoms with Gasteiger partial charge in [0.15, 0.2) is 11.5 Å². The molecule has 12 heteroatoms. The van der Waals surface area contributed by atoms with Gasteiger partial charge in [0.05, 0.1) is 18.3 Å². The molecule has 0 radical (unpaired) electrons. The lowest BCUT2D eigenvalue weighted by molar-refractivity contribution is -0.157. The van der Waals surface area contributed by atoms with Gasteiger partial charge < -0.3 is 29.6 Å². The number of aromatic nitrogens is 4. The molecule has 0 fully saturated rings. The van der Waals surface area contributed by atoms with E-state index in [1.165, 1.54) is 12.7 Å². The van der Waals surface area contributed by atoms with E-state index in [1.54, 1.807) is 25.3 Å². The SMILES string of the molecule is CC(C)(C)C(=O)OC[C@@H](Cn1cnc2c(N)ncnc21)OCP(=O)(O)O. The Balaban J connectivity index is 2.15. The highest BCUT2D eigenvalue weighted by Crippen LogP contribution is 2.34. The Morgan fingerprint density at radius 1 is 1.35 bits per heavy atom. The summed E-state index contributed by atoms with van der Waals surface area (Å²) < 4.78 is 23.2. The molecule has 0 unspecified atom stereocenters. The van der Waals surface area contributed by atoms with Crippen LogP contribution in [0.3, 0.4) is 0 Å². The normalized spacial score (nSPS) is 13.7. The lowest BCUT2D eigenvalue weighted by Gasteiger charge is -2.22. The molecule has 1 atom stereocenters. The highest BCUT2D eigenvalue weighted by Gasteiger charge is 2.26. The number of anilines is 1. The summed E-state index contributed by atoms with van der Waals surface area (Å²) in [6.07, 6.45) is 1.12.